The number of hydrogen-bond acceptors (Lipinski definition) is 4. The van der Waals surface area contributed by atoms with Crippen molar-refractivity contribution >= 4 is 29.4 Å². The van der Waals surface area contributed by atoms with Gasteiger partial charge in [-0.2, -0.15) is 0 Å². The fourth-order valence-electron chi connectivity index (χ4n) is 1.51. The molecule has 5 nitrogen and oxygen atoms in total. The molecule has 0 bridgehead atoms. The monoisotopic (exact) mass is 277 g/mol. The van der Waals surface area contributed by atoms with Gasteiger partial charge in [0.25, 0.3) is 0 Å². The lowest BCUT2D eigenvalue weighted by Gasteiger charge is -2.28. The summed E-state index contributed by atoms with van der Waals surface area (Å²) in [4.78, 5) is 15.6. The zero-order valence-corrected chi connectivity index (χ0v) is 12.6. The molecular formula is C10H21N3O2P2. The van der Waals surface area contributed by atoms with Crippen LogP contribution in [0.2, 0.25) is 0 Å². The van der Waals surface area contributed by atoms with Gasteiger partial charge in [-0.25, -0.2) is 0 Å². The maximum Gasteiger partial charge on any atom is 0.311 e. The molecular weight excluding hydrogens is 256 g/mol. The van der Waals surface area contributed by atoms with Crippen molar-refractivity contribution in [2.45, 2.75) is 33.6 Å². The molecule has 0 aliphatic heterocycles. The van der Waals surface area contributed by atoms with Gasteiger partial charge in [0.2, 0.25) is 0 Å². The molecule has 7 heteroatoms. The molecule has 2 atom stereocenters. The first-order valence-corrected chi connectivity index (χ1v) is 6.77. The van der Waals surface area contributed by atoms with Crippen LogP contribution in [0.3, 0.4) is 0 Å². The van der Waals surface area contributed by atoms with Crippen LogP contribution >= 0.6 is 17.8 Å². The zero-order chi connectivity index (χ0) is 13.5. The number of carbonyl (C=O) groups excluding carboxylic acids is 1. The largest absolute Gasteiger partial charge is 0.451 e. The van der Waals surface area contributed by atoms with Gasteiger partial charge >= 0.3 is 5.97 Å². The van der Waals surface area contributed by atoms with E-state index in [2.05, 4.69) is 4.99 Å². The minimum Gasteiger partial charge on any atom is -0.451 e. The second-order valence-electron chi connectivity index (χ2n) is 4.85. The molecule has 0 aromatic carbocycles. The summed E-state index contributed by atoms with van der Waals surface area (Å²) in [5.74, 6) is -0.358. The van der Waals surface area contributed by atoms with E-state index >= 15 is 0 Å². The number of rotatable bonds is 6. The third kappa shape index (κ3) is 6.70. The standard InChI is InChI=1S/C10H21N3O2P2/c1-10(2,3)7(8(14)15-16)5-4-6-13-9(11)17-12/h7,12H,4-6,16H2,1-3H3,(H2,11,13). The molecule has 0 rings (SSSR count). The first kappa shape index (κ1) is 16.5. The molecule has 3 N–H and O–H groups in total. The molecule has 0 amide bonds. The van der Waals surface area contributed by atoms with Gasteiger partial charge in [-0.15, -0.1) is 0 Å². The molecule has 0 saturated carbocycles. The maximum absolute atomic E-state index is 11.6. The number of amidine groups is 1. The van der Waals surface area contributed by atoms with E-state index in [-0.39, 0.29) is 25.7 Å². The average molecular weight is 277 g/mol. The zero-order valence-electron chi connectivity index (χ0n) is 10.6. The van der Waals surface area contributed by atoms with Crippen LogP contribution in [0.4, 0.5) is 0 Å². The lowest BCUT2D eigenvalue weighted by atomic mass is 9.78. The third-order valence-electron chi connectivity index (χ3n) is 2.49. The van der Waals surface area contributed by atoms with Crippen molar-refractivity contribution in [3.63, 3.8) is 0 Å². The minimum absolute atomic E-state index is 0.128. The predicted octanol–water partition coefficient (Wildman–Crippen LogP) is 2.79. The van der Waals surface area contributed by atoms with Crippen LogP contribution in [0.15, 0.2) is 4.99 Å². The fourth-order valence-corrected chi connectivity index (χ4v) is 1.85. The minimum atomic E-state index is -0.210. The van der Waals surface area contributed by atoms with Crippen LogP contribution < -0.4 is 5.73 Å². The van der Waals surface area contributed by atoms with E-state index in [9.17, 15) is 4.79 Å². The summed E-state index contributed by atoms with van der Waals surface area (Å²) in [6.45, 7) is 6.59. The summed E-state index contributed by atoms with van der Waals surface area (Å²) in [7, 11) is 2.24. The van der Waals surface area contributed by atoms with E-state index < -0.39 is 0 Å². The molecule has 0 spiro atoms. The van der Waals surface area contributed by atoms with Gasteiger partial charge in [0.1, 0.15) is 0 Å². The Labute approximate surface area is 107 Å². The summed E-state index contributed by atoms with van der Waals surface area (Å²) in [6, 6.07) is 0. The second kappa shape index (κ2) is 7.73. The predicted molar refractivity (Wildman–Crippen MR) is 74.1 cm³/mol. The van der Waals surface area contributed by atoms with Gasteiger partial charge in [-0.1, -0.05) is 20.8 Å². The molecule has 0 aromatic rings. The highest BCUT2D eigenvalue weighted by molar-refractivity contribution is 7.47. The Morgan fingerprint density at radius 3 is 2.59 bits per heavy atom. The summed E-state index contributed by atoms with van der Waals surface area (Å²) in [5, 5.41) is 6.97. The van der Waals surface area contributed by atoms with Crippen molar-refractivity contribution < 1.29 is 9.32 Å². The quantitative estimate of drug-likeness (QED) is 0.338. The van der Waals surface area contributed by atoms with Gasteiger partial charge in [0, 0.05) is 6.54 Å². The summed E-state index contributed by atoms with van der Waals surface area (Å²) < 4.78 is 4.72. The van der Waals surface area contributed by atoms with Crippen LogP contribution in [-0.4, -0.2) is 18.1 Å². The lowest BCUT2D eigenvalue weighted by molar-refractivity contribution is -0.141. The van der Waals surface area contributed by atoms with Crippen LogP contribution in [0.25, 0.3) is 0 Å². The van der Waals surface area contributed by atoms with Crippen LogP contribution in [-0.2, 0) is 9.32 Å². The molecule has 0 aromatic heterocycles. The number of hydrogen-bond donors (Lipinski definition) is 2. The number of carbonyl (C=O) groups is 1. The Kier molecular flexibility index (Phi) is 7.49. The SMILES string of the molecule is CC(C)(C)C(CCCN=C(N)P=N)C(=O)OP. The van der Waals surface area contributed by atoms with Gasteiger partial charge < -0.3 is 10.3 Å². The van der Waals surface area contributed by atoms with E-state index in [0.717, 1.165) is 6.42 Å². The molecule has 0 aliphatic rings. The van der Waals surface area contributed by atoms with Crippen molar-refractivity contribution in [1.82, 2.24) is 0 Å². The first-order chi connectivity index (χ1) is 7.82. The Hall–Kier alpha value is -0.530. The third-order valence-corrected chi connectivity index (χ3v) is 3.09. The highest BCUT2D eigenvalue weighted by Crippen LogP contribution is 2.31. The van der Waals surface area contributed by atoms with Gasteiger partial charge in [-0.3, -0.25) is 14.9 Å². The second-order valence-corrected chi connectivity index (χ2v) is 5.77. The van der Waals surface area contributed by atoms with Crippen molar-refractivity contribution in [2.75, 3.05) is 6.54 Å². The summed E-state index contributed by atoms with van der Waals surface area (Å²) >= 11 is 0. The molecule has 98 valence electrons. The Bertz CT molecular complexity index is 300. The Morgan fingerprint density at radius 1 is 1.59 bits per heavy atom. The summed E-state index contributed by atoms with van der Waals surface area (Å²) in [6.07, 6.45) is 1.47. The smallest absolute Gasteiger partial charge is 0.311 e. The normalized spacial score (nSPS) is 14.7. The number of aliphatic imine (C=N–C) groups is 1. The van der Waals surface area contributed by atoms with Crippen LogP contribution in [0.5, 0.6) is 0 Å². The van der Waals surface area contributed by atoms with E-state index in [4.69, 9.17) is 15.4 Å². The van der Waals surface area contributed by atoms with Crippen molar-refractivity contribution in [2.24, 2.45) is 22.1 Å². The molecule has 0 radical (unpaired) electrons. The number of nitrogens with zero attached hydrogens (tertiary/aromatic N) is 1. The van der Waals surface area contributed by atoms with Gasteiger partial charge in [0.05, 0.1) is 23.8 Å². The number of nitrogens with two attached hydrogens (primary N) is 1. The van der Waals surface area contributed by atoms with Crippen molar-refractivity contribution in [3.05, 3.63) is 0 Å². The fraction of sp³-hybridized carbons (Fsp3) is 0.800. The topological polar surface area (TPSA) is 88.5 Å². The maximum atomic E-state index is 11.6. The van der Waals surface area contributed by atoms with Crippen LogP contribution in [0.1, 0.15) is 33.6 Å². The molecule has 0 fully saturated rings. The van der Waals surface area contributed by atoms with E-state index in [1.165, 1.54) is 0 Å². The van der Waals surface area contributed by atoms with E-state index in [0.29, 0.717) is 18.5 Å². The Balaban J connectivity index is 4.29. The highest BCUT2D eigenvalue weighted by Gasteiger charge is 2.31. The molecule has 0 aliphatic carbocycles. The van der Waals surface area contributed by atoms with E-state index in [1.54, 1.807) is 0 Å². The molecule has 0 saturated heterocycles. The molecule has 0 heterocycles. The van der Waals surface area contributed by atoms with Crippen LogP contribution in [0, 0.1) is 16.5 Å². The highest BCUT2D eigenvalue weighted by atomic mass is 31.1. The first-order valence-electron chi connectivity index (χ1n) is 5.41. The van der Waals surface area contributed by atoms with Gasteiger partial charge in [-0.05, 0) is 18.3 Å². The summed E-state index contributed by atoms with van der Waals surface area (Å²) in [5.41, 5.74) is 5.60. The van der Waals surface area contributed by atoms with Crippen molar-refractivity contribution in [3.8, 4) is 0 Å². The Morgan fingerprint density at radius 2 is 2.18 bits per heavy atom. The van der Waals surface area contributed by atoms with Crippen molar-refractivity contribution in [1.29, 1.82) is 5.16 Å². The van der Waals surface area contributed by atoms with Gasteiger partial charge in [0.15, 0.2) is 5.58 Å². The van der Waals surface area contributed by atoms with E-state index in [1.807, 2.05) is 30.2 Å². The number of nitrogens with one attached hydrogen (secondary N) is 1. The molecule has 17 heavy (non-hydrogen) atoms. The lowest BCUT2D eigenvalue weighted by Crippen LogP contribution is -2.29. The average Bonchev–Trinajstić information content (AvgIpc) is 2.25. The molecule has 2 unspecified atom stereocenters.